The van der Waals surface area contributed by atoms with Gasteiger partial charge < -0.3 is 14.6 Å². The predicted octanol–water partition coefficient (Wildman–Crippen LogP) is 5.08. The van der Waals surface area contributed by atoms with Gasteiger partial charge in [-0.05, 0) is 22.2 Å². The molecule has 0 amide bonds. The van der Waals surface area contributed by atoms with E-state index in [2.05, 4.69) is 48.1 Å². The normalized spacial score (nSPS) is 16.3. The Morgan fingerprint density at radius 2 is 1.44 bits per heavy atom. The summed E-state index contributed by atoms with van der Waals surface area (Å²) in [7, 11) is -2.04. The fourth-order valence-corrected chi connectivity index (χ4v) is 9.67. The van der Waals surface area contributed by atoms with Gasteiger partial charge in [-0.3, -0.25) is 0 Å². The SMILES string of the molecule is C=CC(C(O)c1ccccc1)[C@H](O)CO[Si](C(C)C)(C(C)C)C(C)C. The molecule has 25 heavy (non-hydrogen) atoms. The predicted molar refractivity (Wildman–Crippen MR) is 108 cm³/mol. The maximum atomic E-state index is 10.7. The minimum Gasteiger partial charge on any atom is -0.413 e. The van der Waals surface area contributed by atoms with Crippen LogP contribution in [0, 0.1) is 5.92 Å². The molecule has 3 nitrogen and oxygen atoms in total. The Balaban J connectivity index is 2.91. The first-order chi connectivity index (χ1) is 11.7. The minimum absolute atomic E-state index is 0.237. The van der Waals surface area contributed by atoms with Crippen molar-refractivity contribution in [1.82, 2.24) is 0 Å². The van der Waals surface area contributed by atoms with E-state index in [1.807, 2.05) is 30.3 Å². The van der Waals surface area contributed by atoms with Crippen LogP contribution in [0.5, 0.6) is 0 Å². The summed E-state index contributed by atoms with van der Waals surface area (Å²) in [5.74, 6) is -0.458. The average Bonchev–Trinajstić information content (AvgIpc) is 2.55. The minimum atomic E-state index is -2.04. The molecule has 3 atom stereocenters. The van der Waals surface area contributed by atoms with E-state index < -0.39 is 26.4 Å². The van der Waals surface area contributed by atoms with E-state index in [0.717, 1.165) is 5.56 Å². The number of hydrogen-bond donors (Lipinski definition) is 2. The zero-order valence-electron chi connectivity index (χ0n) is 16.6. The monoisotopic (exact) mass is 364 g/mol. The summed E-state index contributed by atoms with van der Waals surface area (Å²) in [6.45, 7) is 17.4. The lowest BCUT2D eigenvalue weighted by Crippen LogP contribution is -2.49. The summed E-state index contributed by atoms with van der Waals surface area (Å²) in [5.41, 5.74) is 2.16. The second kappa shape index (κ2) is 9.67. The van der Waals surface area contributed by atoms with Crippen molar-refractivity contribution in [3.05, 3.63) is 48.6 Å². The lowest BCUT2D eigenvalue weighted by atomic mass is 9.91. The maximum absolute atomic E-state index is 10.7. The molecule has 1 aromatic carbocycles. The van der Waals surface area contributed by atoms with Crippen molar-refractivity contribution in [2.45, 2.75) is 70.4 Å². The van der Waals surface area contributed by atoms with Crippen LogP contribution in [0.25, 0.3) is 0 Å². The lowest BCUT2D eigenvalue weighted by molar-refractivity contribution is 0.00615. The number of aliphatic hydroxyl groups excluding tert-OH is 2. The number of benzene rings is 1. The first-order valence-corrected chi connectivity index (χ1v) is 11.5. The Morgan fingerprint density at radius 1 is 0.960 bits per heavy atom. The van der Waals surface area contributed by atoms with Crippen molar-refractivity contribution in [1.29, 1.82) is 0 Å². The van der Waals surface area contributed by atoms with E-state index in [1.165, 1.54) is 0 Å². The van der Waals surface area contributed by atoms with E-state index in [4.69, 9.17) is 4.43 Å². The molecule has 142 valence electrons. The Kier molecular flexibility index (Phi) is 8.55. The second-order valence-corrected chi connectivity index (χ2v) is 13.3. The van der Waals surface area contributed by atoms with Gasteiger partial charge in [0.15, 0.2) is 8.32 Å². The van der Waals surface area contributed by atoms with Crippen molar-refractivity contribution in [2.24, 2.45) is 5.92 Å². The van der Waals surface area contributed by atoms with Gasteiger partial charge in [0, 0.05) is 5.92 Å². The number of aliphatic hydroxyl groups is 2. The van der Waals surface area contributed by atoms with Gasteiger partial charge in [0.05, 0.1) is 18.8 Å². The summed E-state index contributed by atoms with van der Waals surface area (Å²) in [6, 6.07) is 9.41. The molecule has 2 N–H and O–H groups in total. The third-order valence-corrected chi connectivity index (χ3v) is 11.5. The van der Waals surface area contributed by atoms with Gasteiger partial charge in [-0.1, -0.05) is 78.0 Å². The molecule has 2 unspecified atom stereocenters. The molecule has 0 saturated heterocycles. The molecule has 4 heteroatoms. The largest absolute Gasteiger partial charge is 0.413 e. The smallest absolute Gasteiger partial charge is 0.200 e. The highest BCUT2D eigenvalue weighted by Gasteiger charge is 2.45. The highest BCUT2D eigenvalue weighted by molar-refractivity contribution is 6.77. The van der Waals surface area contributed by atoms with Crippen molar-refractivity contribution in [3.8, 4) is 0 Å². The van der Waals surface area contributed by atoms with Crippen LogP contribution in [0.3, 0.4) is 0 Å². The standard InChI is InChI=1S/C21H36O3Si/c1-8-19(21(23)18-12-10-9-11-13-18)20(22)14-24-25(15(2)3,16(4)5)17(6)7/h8-13,15-17,19-23H,1,14H2,2-7H3/t19?,20-,21?/m1/s1. The molecular formula is C21H36O3Si. The van der Waals surface area contributed by atoms with Crippen molar-refractivity contribution in [2.75, 3.05) is 6.61 Å². The molecule has 0 heterocycles. The fraction of sp³-hybridized carbons (Fsp3) is 0.619. The van der Waals surface area contributed by atoms with Crippen LogP contribution < -0.4 is 0 Å². The summed E-state index contributed by atoms with van der Waals surface area (Å²) in [6.07, 6.45) is 0.0658. The first kappa shape index (κ1) is 22.1. The molecule has 0 aliphatic carbocycles. The third-order valence-electron chi connectivity index (χ3n) is 5.43. The van der Waals surface area contributed by atoms with E-state index in [1.54, 1.807) is 6.08 Å². The molecule has 1 rings (SSSR count). The van der Waals surface area contributed by atoms with Crippen molar-refractivity contribution in [3.63, 3.8) is 0 Å². The molecule has 0 aliphatic rings. The highest BCUT2D eigenvalue weighted by atomic mass is 28.4. The van der Waals surface area contributed by atoms with Crippen LogP contribution in [0.1, 0.15) is 53.2 Å². The Hall–Kier alpha value is -0.943. The topological polar surface area (TPSA) is 49.7 Å². The Labute approximate surface area is 154 Å². The number of hydrogen-bond acceptors (Lipinski definition) is 3. The van der Waals surface area contributed by atoms with Gasteiger partial charge in [0.2, 0.25) is 0 Å². The third kappa shape index (κ3) is 5.04. The van der Waals surface area contributed by atoms with Crippen LogP contribution in [-0.4, -0.2) is 31.2 Å². The zero-order valence-corrected chi connectivity index (χ0v) is 17.6. The van der Waals surface area contributed by atoms with E-state index in [-0.39, 0.29) is 6.61 Å². The number of rotatable bonds is 10. The van der Waals surface area contributed by atoms with Crippen LogP contribution in [0.2, 0.25) is 16.6 Å². The van der Waals surface area contributed by atoms with Gasteiger partial charge in [-0.25, -0.2) is 0 Å². The van der Waals surface area contributed by atoms with Crippen molar-refractivity contribution < 1.29 is 14.6 Å². The van der Waals surface area contributed by atoms with Crippen LogP contribution in [-0.2, 0) is 4.43 Å². The van der Waals surface area contributed by atoms with Gasteiger partial charge >= 0.3 is 0 Å². The first-order valence-electron chi connectivity index (χ1n) is 9.36. The van der Waals surface area contributed by atoms with Gasteiger partial charge in [0.1, 0.15) is 0 Å². The highest BCUT2D eigenvalue weighted by Crippen LogP contribution is 2.42. The van der Waals surface area contributed by atoms with Crippen LogP contribution >= 0.6 is 0 Å². The molecule has 0 radical (unpaired) electrons. The zero-order chi connectivity index (χ0) is 19.2. The maximum Gasteiger partial charge on any atom is 0.200 e. The van der Waals surface area contributed by atoms with Crippen LogP contribution in [0.4, 0.5) is 0 Å². The molecular weight excluding hydrogens is 328 g/mol. The molecule has 0 saturated carbocycles. The van der Waals surface area contributed by atoms with E-state index >= 15 is 0 Å². The lowest BCUT2D eigenvalue weighted by Gasteiger charge is -2.43. The summed E-state index contributed by atoms with van der Waals surface area (Å²) < 4.78 is 6.47. The fourth-order valence-electron chi connectivity index (χ4n) is 4.21. The quantitative estimate of drug-likeness (QED) is 0.450. The Bertz CT molecular complexity index is 491. The molecule has 0 aliphatic heterocycles. The molecule has 0 bridgehead atoms. The molecule has 0 fully saturated rings. The van der Waals surface area contributed by atoms with E-state index in [9.17, 15) is 10.2 Å². The van der Waals surface area contributed by atoms with Crippen LogP contribution in [0.15, 0.2) is 43.0 Å². The van der Waals surface area contributed by atoms with Crippen molar-refractivity contribution >= 4 is 8.32 Å². The Morgan fingerprint density at radius 3 is 1.84 bits per heavy atom. The second-order valence-electron chi connectivity index (χ2n) is 7.86. The average molecular weight is 365 g/mol. The van der Waals surface area contributed by atoms with Gasteiger partial charge in [-0.2, -0.15) is 0 Å². The molecule has 1 aromatic rings. The van der Waals surface area contributed by atoms with E-state index in [0.29, 0.717) is 16.6 Å². The molecule has 0 spiro atoms. The summed E-state index contributed by atoms with van der Waals surface area (Å²) in [4.78, 5) is 0. The molecule has 0 aromatic heterocycles. The van der Waals surface area contributed by atoms with Gasteiger partial charge in [0.25, 0.3) is 0 Å². The summed E-state index contributed by atoms with van der Waals surface area (Å²) >= 11 is 0. The summed E-state index contributed by atoms with van der Waals surface area (Å²) in [5, 5.41) is 21.3. The van der Waals surface area contributed by atoms with Gasteiger partial charge in [-0.15, -0.1) is 6.58 Å².